The van der Waals surface area contributed by atoms with Gasteiger partial charge in [-0.3, -0.25) is 0 Å². The van der Waals surface area contributed by atoms with Gasteiger partial charge in [-0.25, -0.2) is 22.7 Å². The number of benzene rings is 2. The van der Waals surface area contributed by atoms with E-state index in [2.05, 4.69) is 9.97 Å². The number of nitrogens with zero attached hydrogens (tertiary/aromatic N) is 3. The van der Waals surface area contributed by atoms with Crippen molar-refractivity contribution in [3.8, 4) is 0 Å². The lowest BCUT2D eigenvalue weighted by molar-refractivity contribution is 0.520. The Morgan fingerprint density at radius 3 is 2.62 bits per heavy atom. The van der Waals surface area contributed by atoms with Crippen molar-refractivity contribution in [1.82, 2.24) is 14.3 Å². The van der Waals surface area contributed by atoms with E-state index in [1.165, 1.54) is 18.4 Å². The van der Waals surface area contributed by atoms with Gasteiger partial charge in [0, 0.05) is 25.2 Å². The zero-order valence-corrected chi connectivity index (χ0v) is 15.0. The summed E-state index contributed by atoms with van der Waals surface area (Å²) in [5, 5.41) is 1.89. The molecule has 0 spiro atoms. The van der Waals surface area contributed by atoms with Gasteiger partial charge in [-0.05, 0) is 23.8 Å². The minimum absolute atomic E-state index is 0.304. The minimum atomic E-state index is -3.42. The minimum Gasteiger partial charge on any atom is -0.236 e. The second kappa shape index (κ2) is 6.88. The van der Waals surface area contributed by atoms with Crippen LogP contribution < -0.4 is 0 Å². The number of rotatable bonds is 5. The molecule has 0 amide bonds. The van der Waals surface area contributed by atoms with Gasteiger partial charge in [0.05, 0.1) is 10.4 Å². The van der Waals surface area contributed by atoms with Crippen LogP contribution in [0.25, 0.3) is 10.9 Å². The first-order chi connectivity index (χ1) is 11.5. The van der Waals surface area contributed by atoms with E-state index in [0.717, 1.165) is 21.5 Å². The molecule has 0 saturated heterocycles. The maximum atomic E-state index is 12.2. The van der Waals surface area contributed by atoms with Crippen LogP contribution in [0.1, 0.15) is 5.56 Å². The molecule has 0 unspecified atom stereocenters. The first-order valence-electron chi connectivity index (χ1n) is 7.32. The van der Waals surface area contributed by atoms with Gasteiger partial charge >= 0.3 is 0 Å². The van der Waals surface area contributed by atoms with Gasteiger partial charge in [0.15, 0.2) is 0 Å². The van der Waals surface area contributed by atoms with E-state index in [0.29, 0.717) is 10.6 Å². The molecule has 2 aromatic carbocycles. The lowest BCUT2D eigenvalue weighted by atomic mass is 10.2. The quantitative estimate of drug-likeness (QED) is 0.517. The molecule has 0 radical (unpaired) electrons. The molecular formula is C17H17N3O2S2. The van der Waals surface area contributed by atoms with Gasteiger partial charge < -0.3 is 0 Å². The van der Waals surface area contributed by atoms with Gasteiger partial charge in [-0.15, -0.1) is 11.8 Å². The molecule has 0 atom stereocenters. The first-order valence-corrected chi connectivity index (χ1v) is 9.75. The largest absolute Gasteiger partial charge is 0.242 e. The fraction of sp³-hybridized carbons (Fsp3) is 0.176. The molecular weight excluding hydrogens is 342 g/mol. The third-order valence-electron chi connectivity index (χ3n) is 3.56. The van der Waals surface area contributed by atoms with Crippen LogP contribution in [-0.4, -0.2) is 36.8 Å². The van der Waals surface area contributed by atoms with Crippen LogP contribution in [0.4, 0.5) is 0 Å². The normalized spacial score (nSPS) is 12.0. The van der Waals surface area contributed by atoms with Gasteiger partial charge in [0.2, 0.25) is 10.0 Å². The standard InChI is InChI=1S/C17H17N3O2S2/c1-20(2)24(21,22)14-7-5-6-13(10-14)11-23-17-15-8-3-4-9-16(15)18-12-19-17/h3-10,12H,11H2,1-2H3. The predicted molar refractivity (Wildman–Crippen MR) is 96.4 cm³/mol. The zero-order chi connectivity index (χ0) is 17.2. The maximum Gasteiger partial charge on any atom is 0.242 e. The summed E-state index contributed by atoms with van der Waals surface area (Å²) in [6, 6.07) is 14.9. The van der Waals surface area contributed by atoms with Crippen molar-refractivity contribution in [2.45, 2.75) is 15.7 Å². The van der Waals surface area contributed by atoms with Crippen LogP contribution in [-0.2, 0) is 15.8 Å². The van der Waals surface area contributed by atoms with Crippen molar-refractivity contribution in [1.29, 1.82) is 0 Å². The Morgan fingerprint density at radius 1 is 1.04 bits per heavy atom. The van der Waals surface area contributed by atoms with Gasteiger partial charge in [0.1, 0.15) is 11.4 Å². The lowest BCUT2D eigenvalue weighted by Crippen LogP contribution is -2.22. The van der Waals surface area contributed by atoms with E-state index in [-0.39, 0.29) is 0 Å². The first kappa shape index (κ1) is 16.9. The van der Waals surface area contributed by atoms with Crippen LogP contribution in [0.2, 0.25) is 0 Å². The van der Waals surface area contributed by atoms with Gasteiger partial charge in [-0.2, -0.15) is 0 Å². The van der Waals surface area contributed by atoms with Crippen LogP contribution in [0.15, 0.2) is 64.8 Å². The fourth-order valence-electron chi connectivity index (χ4n) is 2.25. The Kier molecular flexibility index (Phi) is 4.84. The summed E-state index contributed by atoms with van der Waals surface area (Å²) in [7, 11) is -0.356. The highest BCUT2D eigenvalue weighted by atomic mass is 32.2. The van der Waals surface area contributed by atoms with Crippen LogP contribution in [0.3, 0.4) is 0 Å². The van der Waals surface area contributed by atoms with Crippen LogP contribution >= 0.6 is 11.8 Å². The number of aromatic nitrogens is 2. The van der Waals surface area contributed by atoms with E-state index in [4.69, 9.17) is 0 Å². The molecule has 3 rings (SSSR count). The summed E-state index contributed by atoms with van der Waals surface area (Å²) in [6.45, 7) is 0. The molecule has 0 saturated carbocycles. The zero-order valence-electron chi connectivity index (χ0n) is 13.4. The fourth-order valence-corrected chi connectivity index (χ4v) is 4.16. The Morgan fingerprint density at radius 2 is 1.83 bits per heavy atom. The molecule has 0 aliphatic heterocycles. The van der Waals surface area contributed by atoms with Crippen molar-refractivity contribution in [2.75, 3.05) is 14.1 Å². The van der Waals surface area contributed by atoms with E-state index in [9.17, 15) is 8.42 Å². The summed E-state index contributed by atoms with van der Waals surface area (Å²) >= 11 is 1.57. The highest BCUT2D eigenvalue weighted by Crippen LogP contribution is 2.28. The molecule has 0 aliphatic rings. The molecule has 0 N–H and O–H groups in total. The highest BCUT2D eigenvalue weighted by Gasteiger charge is 2.17. The van der Waals surface area contributed by atoms with Crippen molar-refractivity contribution in [3.05, 3.63) is 60.4 Å². The van der Waals surface area contributed by atoms with E-state index in [1.807, 2.05) is 30.3 Å². The molecule has 1 heterocycles. The van der Waals surface area contributed by atoms with E-state index < -0.39 is 10.0 Å². The van der Waals surface area contributed by atoms with Gasteiger partial charge in [0.25, 0.3) is 0 Å². The number of hydrogen-bond acceptors (Lipinski definition) is 5. The van der Waals surface area contributed by atoms with E-state index >= 15 is 0 Å². The van der Waals surface area contributed by atoms with Crippen LogP contribution in [0, 0.1) is 0 Å². The molecule has 3 aromatic rings. The summed E-state index contributed by atoms with van der Waals surface area (Å²) in [6.07, 6.45) is 1.55. The number of para-hydroxylation sites is 1. The number of fused-ring (bicyclic) bond motifs is 1. The summed E-state index contributed by atoms with van der Waals surface area (Å²) in [4.78, 5) is 8.90. The average Bonchev–Trinajstić information content (AvgIpc) is 2.60. The molecule has 0 bridgehead atoms. The Bertz CT molecular complexity index is 967. The van der Waals surface area contributed by atoms with Crippen LogP contribution in [0.5, 0.6) is 0 Å². The number of hydrogen-bond donors (Lipinski definition) is 0. The predicted octanol–water partition coefficient (Wildman–Crippen LogP) is 3.17. The molecule has 1 aromatic heterocycles. The SMILES string of the molecule is CN(C)S(=O)(=O)c1cccc(CSc2ncnc3ccccc23)c1. The smallest absolute Gasteiger partial charge is 0.236 e. The molecule has 24 heavy (non-hydrogen) atoms. The Labute approximate surface area is 145 Å². The van der Waals surface area contributed by atoms with Crippen molar-refractivity contribution < 1.29 is 8.42 Å². The van der Waals surface area contributed by atoms with Crippen molar-refractivity contribution >= 4 is 32.7 Å². The Balaban J connectivity index is 1.85. The Hall–Kier alpha value is -1.96. The molecule has 7 heteroatoms. The summed E-state index contributed by atoms with van der Waals surface area (Å²) in [5.74, 6) is 0.637. The molecule has 0 aliphatic carbocycles. The summed E-state index contributed by atoms with van der Waals surface area (Å²) < 4.78 is 25.7. The monoisotopic (exact) mass is 359 g/mol. The average molecular weight is 359 g/mol. The van der Waals surface area contributed by atoms with Crippen molar-refractivity contribution in [3.63, 3.8) is 0 Å². The second-order valence-electron chi connectivity index (χ2n) is 5.42. The third-order valence-corrected chi connectivity index (χ3v) is 6.45. The number of sulfonamides is 1. The second-order valence-corrected chi connectivity index (χ2v) is 8.54. The molecule has 124 valence electrons. The topological polar surface area (TPSA) is 63.2 Å². The lowest BCUT2D eigenvalue weighted by Gasteiger charge is -2.12. The van der Waals surface area contributed by atoms with Crippen molar-refractivity contribution in [2.24, 2.45) is 0 Å². The summed E-state index contributed by atoms with van der Waals surface area (Å²) in [5.41, 5.74) is 1.84. The number of thioether (sulfide) groups is 1. The highest BCUT2D eigenvalue weighted by molar-refractivity contribution is 7.98. The van der Waals surface area contributed by atoms with E-state index in [1.54, 1.807) is 36.3 Å². The van der Waals surface area contributed by atoms with Gasteiger partial charge in [-0.1, -0.05) is 30.3 Å². The maximum absolute atomic E-state index is 12.2. The third kappa shape index (κ3) is 3.43. The molecule has 0 fully saturated rings. The molecule has 5 nitrogen and oxygen atoms in total.